The van der Waals surface area contributed by atoms with Gasteiger partial charge in [-0.05, 0) is 31.2 Å². The highest BCUT2D eigenvalue weighted by atomic mass is 32.1. The zero-order valence-corrected chi connectivity index (χ0v) is 11.2. The minimum atomic E-state index is -0.219. The minimum Gasteiger partial charge on any atom is -0.389 e. The van der Waals surface area contributed by atoms with Crippen LogP contribution in [0.4, 0.5) is 5.69 Å². The number of anilines is 1. The van der Waals surface area contributed by atoms with Crippen molar-refractivity contribution in [3.05, 3.63) is 59.4 Å². The summed E-state index contributed by atoms with van der Waals surface area (Å²) < 4.78 is 0. The second kappa shape index (κ2) is 5.58. The molecule has 19 heavy (non-hydrogen) atoms. The minimum absolute atomic E-state index is 0.219. The predicted molar refractivity (Wildman–Crippen MR) is 79.3 cm³/mol. The van der Waals surface area contributed by atoms with Gasteiger partial charge in [0.05, 0.1) is 11.9 Å². The highest BCUT2D eigenvalue weighted by Gasteiger charge is 2.07. The molecule has 0 unspecified atom stereocenters. The molecule has 1 aromatic heterocycles. The van der Waals surface area contributed by atoms with Crippen LogP contribution in [0.1, 0.15) is 21.6 Å². The molecule has 3 N–H and O–H groups in total. The summed E-state index contributed by atoms with van der Waals surface area (Å²) in [7, 11) is 0. The van der Waals surface area contributed by atoms with Crippen LogP contribution in [0.5, 0.6) is 0 Å². The number of pyridine rings is 1. The summed E-state index contributed by atoms with van der Waals surface area (Å²) in [5, 5.41) is 2.77. The molecule has 0 spiro atoms. The van der Waals surface area contributed by atoms with Crippen LogP contribution in [-0.2, 0) is 0 Å². The SMILES string of the molecule is Cc1ccc(NC(=O)c2cccc(C(N)=S)c2)cn1. The van der Waals surface area contributed by atoms with Crippen molar-refractivity contribution in [1.29, 1.82) is 0 Å². The number of aromatic nitrogens is 1. The Balaban J connectivity index is 2.18. The van der Waals surface area contributed by atoms with Gasteiger partial charge in [0, 0.05) is 16.8 Å². The first-order chi connectivity index (χ1) is 9.06. The molecule has 1 aromatic carbocycles. The molecular formula is C14H13N3OS. The lowest BCUT2D eigenvalue weighted by Crippen LogP contribution is -2.14. The van der Waals surface area contributed by atoms with Crippen LogP contribution < -0.4 is 11.1 Å². The number of nitrogens with one attached hydrogen (secondary N) is 1. The van der Waals surface area contributed by atoms with Crippen LogP contribution in [0.3, 0.4) is 0 Å². The van der Waals surface area contributed by atoms with Crippen molar-refractivity contribution in [1.82, 2.24) is 4.98 Å². The van der Waals surface area contributed by atoms with E-state index in [1.54, 1.807) is 36.5 Å². The van der Waals surface area contributed by atoms with E-state index in [4.69, 9.17) is 18.0 Å². The first-order valence-corrected chi connectivity index (χ1v) is 6.11. The van der Waals surface area contributed by atoms with Crippen molar-refractivity contribution in [2.24, 2.45) is 5.73 Å². The second-order valence-electron chi connectivity index (χ2n) is 4.09. The number of aryl methyl sites for hydroxylation is 1. The van der Waals surface area contributed by atoms with E-state index in [0.29, 0.717) is 16.8 Å². The number of nitrogens with two attached hydrogens (primary N) is 1. The molecule has 0 aliphatic carbocycles. The Morgan fingerprint density at radius 1 is 1.26 bits per heavy atom. The lowest BCUT2D eigenvalue weighted by molar-refractivity contribution is 0.102. The van der Waals surface area contributed by atoms with Gasteiger partial charge in [-0.1, -0.05) is 24.4 Å². The number of carbonyl (C=O) groups is 1. The number of hydrogen-bond donors (Lipinski definition) is 2. The average molecular weight is 271 g/mol. The fraction of sp³-hybridized carbons (Fsp3) is 0.0714. The van der Waals surface area contributed by atoms with Crippen molar-refractivity contribution in [3.63, 3.8) is 0 Å². The number of hydrogen-bond acceptors (Lipinski definition) is 3. The van der Waals surface area contributed by atoms with Crippen LogP contribution in [-0.4, -0.2) is 15.9 Å². The normalized spacial score (nSPS) is 9.95. The van der Waals surface area contributed by atoms with Crippen LogP contribution in [0.15, 0.2) is 42.6 Å². The van der Waals surface area contributed by atoms with Crippen LogP contribution in [0, 0.1) is 6.92 Å². The predicted octanol–water partition coefficient (Wildman–Crippen LogP) is 2.28. The average Bonchev–Trinajstić information content (AvgIpc) is 2.41. The third-order valence-electron chi connectivity index (χ3n) is 2.58. The number of thiocarbonyl (C=S) groups is 1. The van der Waals surface area contributed by atoms with Gasteiger partial charge in [-0.15, -0.1) is 0 Å². The molecule has 0 saturated carbocycles. The van der Waals surface area contributed by atoms with Gasteiger partial charge < -0.3 is 11.1 Å². The van der Waals surface area contributed by atoms with Crippen LogP contribution in [0.2, 0.25) is 0 Å². The quantitative estimate of drug-likeness (QED) is 0.840. The monoisotopic (exact) mass is 271 g/mol. The van der Waals surface area contributed by atoms with Crippen LogP contribution in [0.25, 0.3) is 0 Å². The Morgan fingerprint density at radius 2 is 2.00 bits per heavy atom. The van der Waals surface area contributed by atoms with Gasteiger partial charge in [0.1, 0.15) is 4.99 Å². The Kier molecular flexibility index (Phi) is 3.87. The van der Waals surface area contributed by atoms with E-state index in [0.717, 1.165) is 5.69 Å². The number of carbonyl (C=O) groups excluding carboxylic acids is 1. The van der Waals surface area contributed by atoms with Crippen molar-refractivity contribution in [2.45, 2.75) is 6.92 Å². The first kappa shape index (κ1) is 13.2. The number of benzene rings is 1. The molecule has 5 heteroatoms. The van der Waals surface area contributed by atoms with Crippen LogP contribution >= 0.6 is 12.2 Å². The van der Waals surface area contributed by atoms with E-state index in [-0.39, 0.29) is 10.9 Å². The molecule has 0 aliphatic heterocycles. The maximum absolute atomic E-state index is 12.1. The molecule has 0 aliphatic rings. The fourth-order valence-electron chi connectivity index (χ4n) is 1.56. The lowest BCUT2D eigenvalue weighted by Gasteiger charge is -2.06. The highest BCUT2D eigenvalue weighted by molar-refractivity contribution is 7.80. The van der Waals surface area contributed by atoms with Crippen molar-refractivity contribution < 1.29 is 4.79 Å². The van der Waals surface area contributed by atoms with Crippen molar-refractivity contribution >= 4 is 28.8 Å². The molecule has 0 atom stereocenters. The largest absolute Gasteiger partial charge is 0.389 e. The molecule has 0 saturated heterocycles. The summed E-state index contributed by atoms with van der Waals surface area (Å²) in [6, 6.07) is 10.5. The molecule has 1 amide bonds. The lowest BCUT2D eigenvalue weighted by atomic mass is 10.1. The number of nitrogens with zero attached hydrogens (tertiary/aromatic N) is 1. The summed E-state index contributed by atoms with van der Waals surface area (Å²) >= 11 is 4.89. The summed E-state index contributed by atoms with van der Waals surface area (Å²) in [6.07, 6.45) is 1.62. The zero-order valence-electron chi connectivity index (χ0n) is 10.4. The fourth-order valence-corrected chi connectivity index (χ4v) is 1.69. The molecule has 2 rings (SSSR count). The second-order valence-corrected chi connectivity index (χ2v) is 4.53. The molecule has 96 valence electrons. The third kappa shape index (κ3) is 3.35. The van der Waals surface area contributed by atoms with Crippen molar-refractivity contribution in [3.8, 4) is 0 Å². The standard InChI is InChI=1S/C14H13N3OS/c1-9-5-6-12(8-16-9)17-14(18)11-4-2-3-10(7-11)13(15)19/h2-8H,1H3,(H2,15,19)(H,17,18). The molecular weight excluding hydrogens is 258 g/mol. The van der Waals surface area contributed by atoms with E-state index in [2.05, 4.69) is 10.3 Å². The van der Waals surface area contributed by atoms with Gasteiger partial charge in [0.25, 0.3) is 5.91 Å². The van der Waals surface area contributed by atoms with E-state index in [1.807, 2.05) is 13.0 Å². The first-order valence-electron chi connectivity index (χ1n) is 5.70. The molecule has 0 fully saturated rings. The summed E-state index contributed by atoms with van der Waals surface area (Å²) in [5.74, 6) is -0.219. The molecule has 1 heterocycles. The summed E-state index contributed by atoms with van der Waals surface area (Å²) in [4.78, 5) is 16.4. The van der Waals surface area contributed by atoms with E-state index >= 15 is 0 Å². The number of amides is 1. The van der Waals surface area contributed by atoms with Gasteiger partial charge in [-0.25, -0.2) is 0 Å². The van der Waals surface area contributed by atoms with Crippen molar-refractivity contribution in [2.75, 3.05) is 5.32 Å². The highest BCUT2D eigenvalue weighted by Crippen LogP contribution is 2.10. The Hall–Kier alpha value is -2.27. The van der Waals surface area contributed by atoms with Gasteiger partial charge in [-0.2, -0.15) is 0 Å². The van der Waals surface area contributed by atoms with E-state index < -0.39 is 0 Å². The van der Waals surface area contributed by atoms with E-state index in [9.17, 15) is 4.79 Å². The Bertz CT molecular complexity index is 623. The molecule has 4 nitrogen and oxygen atoms in total. The van der Waals surface area contributed by atoms with Gasteiger partial charge in [-0.3, -0.25) is 9.78 Å². The van der Waals surface area contributed by atoms with E-state index in [1.165, 1.54) is 0 Å². The Morgan fingerprint density at radius 3 is 2.63 bits per heavy atom. The Labute approximate surface area is 116 Å². The van der Waals surface area contributed by atoms with Gasteiger partial charge in [0.2, 0.25) is 0 Å². The maximum Gasteiger partial charge on any atom is 0.255 e. The van der Waals surface area contributed by atoms with Gasteiger partial charge in [0.15, 0.2) is 0 Å². The third-order valence-corrected chi connectivity index (χ3v) is 2.81. The number of rotatable bonds is 3. The molecule has 0 bridgehead atoms. The molecule has 0 radical (unpaired) electrons. The topological polar surface area (TPSA) is 68.0 Å². The molecule has 2 aromatic rings. The smallest absolute Gasteiger partial charge is 0.255 e. The zero-order chi connectivity index (χ0) is 13.8. The van der Waals surface area contributed by atoms with Gasteiger partial charge >= 0.3 is 0 Å². The maximum atomic E-state index is 12.1. The summed E-state index contributed by atoms with van der Waals surface area (Å²) in [6.45, 7) is 1.89. The summed E-state index contributed by atoms with van der Waals surface area (Å²) in [5.41, 5.74) is 8.26.